The lowest BCUT2D eigenvalue weighted by Gasteiger charge is -2.06. The van der Waals surface area contributed by atoms with Crippen molar-refractivity contribution in [3.8, 4) is 5.75 Å². The topological polar surface area (TPSA) is 43.4 Å². The summed E-state index contributed by atoms with van der Waals surface area (Å²) < 4.78 is 5.11. The first-order chi connectivity index (χ1) is 12.8. The van der Waals surface area contributed by atoms with Crippen molar-refractivity contribution < 1.29 is 14.3 Å². The van der Waals surface area contributed by atoms with Gasteiger partial charge in [0.2, 0.25) is 0 Å². The van der Waals surface area contributed by atoms with Gasteiger partial charge in [-0.15, -0.1) is 0 Å². The van der Waals surface area contributed by atoms with E-state index in [9.17, 15) is 9.59 Å². The van der Waals surface area contributed by atoms with E-state index in [2.05, 4.69) is 0 Å². The van der Waals surface area contributed by atoms with Crippen molar-refractivity contribution in [2.45, 2.75) is 0 Å². The lowest BCUT2D eigenvalue weighted by Crippen LogP contribution is -1.91. The SMILES string of the molecule is COc1ccc2ccccc2c1C=O.O=Cc1cccc2ccccc12. The normalized spacial score (nSPS) is 10.0. The van der Waals surface area contributed by atoms with Gasteiger partial charge in [0.05, 0.1) is 12.7 Å². The third-order valence-corrected chi connectivity index (χ3v) is 4.22. The van der Waals surface area contributed by atoms with Crippen molar-refractivity contribution in [3.05, 3.63) is 90.0 Å². The molecule has 3 heteroatoms. The van der Waals surface area contributed by atoms with Gasteiger partial charge in [-0.3, -0.25) is 9.59 Å². The van der Waals surface area contributed by atoms with Crippen LogP contribution in [0.1, 0.15) is 20.7 Å². The molecule has 128 valence electrons. The van der Waals surface area contributed by atoms with Gasteiger partial charge >= 0.3 is 0 Å². The maximum Gasteiger partial charge on any atom is 0.154 e. The highest BCUT2D eigenvalue weighted by Crippen LogP contribution is 2.25. The number of ether oxygens (including phenoxy) is 1. The van der Waals surface area contributed by atoms with Crippen LogP contribution in [0.5, 0.6) is 5.75 Å². The fourth-order valence-electron chi connectivity index (χ4n) is 2.93. The number of rotatable bonds is 3. The summed E-state index contributed by atoms with van der Waals surface area (Å²) in [7, 11) is 1.57. The van der Waals surface area contributed by atoms with Crippen LogP contribution in [0.2, 0.25) is 0 Å². The molecule has 0 aromatic heterocycles. The minimum absolute atomic E-state index is 0.616. The molecule has 3 nitrogen and oxygen atoms in total. The van der Waals surface area contributed by atoms with E-state index in [1.165, 1.54) is 0 Å². The van der Waals surface area contributed by atoms with E-state index in [1.807, 2.05) is 78.9 Å². The van der Waals surface area contributed by atoms with Gasteiger partial charge < -0.3 is 4.74 Å². The zero-order valence-corrected chi connectivity index (χ0v) is 14.4. The molecule has 0 unspecified atom stereocenters. The fourth-order valence-corrected chi connectivity index (χ4v) is 2.93. The molecular weight excluding hydrogens is 324 g/mol. The molecule has 0 saturated heterocycles. The Morgan fingerprint density at radius 1 is 0.654 bits per heavy atom. The van der Waals surface area contributed by atoms with Crippen molar-refractivity contribution >= 4 is 34.1 Å². The molecule has 0 fully saturated rings. The maximum atomic E-state index is 10.9. The van der Waals surface area contributed by atoms with Crippen LogP contribution in [0.25, 0.3) is 21.5 Å². The van der Waals surface area contributed by atoms with Gasteiger partial charge in [-0.25, -0.2) is 0 Å². The predicted molar refractivity (Wildman–Crippen MR) is 105 cm³/mol. The molecule has 0 aliphatic heterocycles. The van der Waals surface area contributed by atoms with Crippen LogP contribution in [-0.4, -0.2) is 19.7 Å². The lowest BCUT2D eigenvalue weighted by molar-refractivity contribution is 0.111. The monoisotopic (exact) mass is 342 g/mol. The summed E-state index contributed by atoms with van der Waals surface area (Å²) in [6.07, 6.45) is 1.73. The first-order valence-electron chi connectivity index (χ1n) is 8.22. The number of carbonyl (C=O) groups is 2. The quantitative estimate of drug-likeness (QED) is 0.474. The Kier molecular flexibility index (Phi) is 5.40. The van der Waals surface area contributed by atoms with Crippen molar-refractivity contribution in [1.82, 2.24) is 0 Å². The smallest absolute Gasteiger partial charge is 0.154 e. The average Bonchev–Trinajstić information content (AvgIpc) is 2.72. The number of carbonyl (C=O) groups excluding carboxylic acids is 2. The van der Waals surface area contributed by atoms with E-state index in [-0.39, 0.29) is 0 Å². The third kappa shape index (κ3) is 3.47. The molecule has 0 spiro atoms. The predicted octanol–water partition coefficient (Wildman–Crippen LogP) is 5.31. The summed E-state index contributed by atoms with van der Waals surface area (Å²) in [6.45, 7) is 0. The lowest BCUT2D eigenvalue weighted by atomic mass is 10.0. The van der Waals surface area contributed by atoms with Crippen LogP contribution >= 0.6 is 0 Å². The van der Waals surface area contributed by atoms with E-state index in [1.54, 1.807) is 7.11 Å². The Morgan fingerprint density at radius 3 is 1.92 bits per heavy atom. The Hall–Kier alpha value is -3.46. The number of benzene rings is 4. The van der Waals surface area contributed by atoms with E-state index in [4.69, 9.17) is 4.74 Å². The molecule has 0 aliphatic carbocycles. The molecule has 0 saturated carbocycles. The Labute approximate surface area is 151 Å². The summed E-state index contributed by atoms with van der Waals surface area (Å²) in [5.74, 6) is 0.624. The largest absolute Gasteiger partial charge is 0.496 e. The zero-order valence-electron chi connectivity index (χ0n) is 14.4. The van der Waals surface area contributed by atoms with Crippen molar-refractivity contribution in [1.29, 1.82) is 0 Å². The van der Waals surface area contributed by atoms with E-state index in [0.717, 1.165) is 39.7 Å². The summed E-state index contributed by atoms with van der Waals surface area (Å²) in [5.41, 5.74) is 1.37. The molecule has 0 heterocycles. The molecule has 4 aromatic rings. The van der Waals surface area contributed by atoms with E-state index < -0.39 is 0 Å². The summed E-state index contributed by atoms with van der Waals surface area (Å²) in [6, 6.07) is 25.1. The molecule has 0 bridgehead atoms. The molecule has 0 aliphatic rings. The highest BCUT2D eigenvalue weighted by Gasteiger charge is 2.05. The molecule has 4 aromatic carbocycles. The van der Waals surface area contributed by atoms with E-state index >= 15 is 0 Å². The van der Waals surface area contributed by atoms with Crippen molar-refractivity contribution in [2.75, 3.05) is 7.11 Å². The number of aldehydes is 2. The minimum atomic E-state index is 0.616. The summed E-state index contributed by atoms with van der Waals surface area (Å²) in [4.78, 5) is 21.5. The highest BCUT2D eigenvalue weighted by atomic mass is 16.5. The minimum Gasteiger partial charge on any atom is -0.496 e. The number of fused-ring (bicyclic) bond motifs is 2. The Bertz CT molecular complexity index is 1060. The van der Waals surface area contributed by atoms with Gasteiger partial charge in [0.15, 0.2) is 12.6 Å². The molecule has 0 atom stereocenters. The second kappa shape index (κ2) is 8.08. The van der Waals surface area contributed by atoms with Crippen LogP contribution in [0.3, 0.4) is 0 Å². The van der Waals surface area contributed by atoms with Crippen LogP contribution in [0, 0.1) is 0 Å². The fraction of sp³-hybridized carbons (Fsp3) is 0.0435. The van der Waals surface area contributed by atoms with Gasteiger partial charge in [0.1, 0.15) is 5.75 Å². The van der Waals surface area contributed by atoms with Gasteiger partial charge in [0.25, 0.3) is 0 Å². The Morgan fingerprint density at radius 2 is 1.27 bits per heavy atom. The van der Waals surface area contributed by atoms with Gasteiger partial charge in [-0.05, 0) is 27.6 Å². The molecule has 0 radical (unpaired) electrons. The highest BCUT2D eigenvalue weighted by molar-refractivity contribution is 6.00. The second-order valence-corrected chi connectivity index (χ2v) is 5.71. The van der Waals surface area contributed by atoms with Crippen molar-refractivity contribution in [2.24, 2.45) is 0 Å². The van der Waals surface area contributed by atoms with Gasteiger partial charge in [-0.2, -0.15) is 0 Å². The first-order valence-corrected chi connectivity index (χ1v) is 8.22. The van der Waals surface area contributed by atoms with Gasteiger partial charge in [-0.1, -0.05) is 72.8 Å². The zero-order chi connectivity index (χ0) is 18.4. The van der Waals surface area contributed by atoms with Crippen LogP contribution in [0.4, 0.5) is 0 Å². The van der Waals surface area contributed by atoms with Crippen LogP contribution in [0.15, 0.2) is 78.9 Å². The number of methoxy groups -OCH3 is 1. The first kappa shape index (κ1) is 17.4. The average molecular weight is 342 g/mol. The summed E-state index contributed by atoms with van der Waals surface area (Å²) >= 11 is 0. The standard InChI is InChI=1S/C12H10O2.C11H8O/c1-14-12-7-6-9-4-2-3-5-10(9)11(12)8-13;12-8-10-6-3-5-9-4-1-2-7-11(9)10/h2-8H,1H3;1-8H. The molecular formula is C23H18O3. The number of hydrogen-bond donors (Lipinski definition) is 0. The molecule has 0 N–H and O–H groups in total. The van der Waals surface area contributed by atoms with Crippen molar-refractivity contribution in [3.63, 3.8) is 0 Å². The van der Waals surface area contributed by atoms with Crippen LogP contribution < -0.4 is 4.74 Å². The third-order valence-electron chi connectivity index (χ3n) is 4.22. The number of hydrogen-bond acceptors (Lipinski definition) is 3. The van der Waals surface area contributed by atoms with Crippen LogP contribution in [-0.2, 0) is 0 Å². The maximum absolute atomic E-state index is 10.9. The van der Waals surface area contributed by atoms with Gasteiger partial charge in [0, 0.05) is 5.56 Å². The van der Waals surface area contributed by atoms with E-state index in [0.29, 0.717) is 11.3 Å². The molecule has 26 heavy (non-hydrogen) atoms. The Balaban J connectivity index is 0.000000152. The molecule has 4 rings (SSSR count). The summed E-state index contributed by atoms with van der Waals surface area (Å²) in [5, 5.41) is 4.12. The molecule has 0 amide bonds. The second-order valence-electron chi connectivity index (χ2n) is 5.71.